The maximum atomic E-state index is 11.9. The highest BCUT2D eigenvalue weighted by atomic mass is 16.5. The van der Waals surface area contributed by atoms with Crippen LogP contribution in [0, 0.1) is 0 Å². The van der Waals surface area contributed by atoms with Gasteiger partial charge in [0.1, 0.15) is 0 Å². The predicted molar refractivity (Wildman–Crippen MR) is 68.4 cm³/mol. The first-order valence-corrected chi connectivity index (χ1v) is 5.79. The molecule has 18 heavy (non-hydrogen) atoms. The van der Waals surface area contributed by atoms with E-state index in [0.717, 1.165) is 0 Å². The van der Waals surface area contributed by atoms with Crippen LogP contribution in [0.5, 0.6) is 11.5 Å². The number of Topliss-reactive ketones (excluding diaryl/α,β-unsaturated/α-hetero) is 1. The van der Waals surface area contributed by atoms with Gasteiger partial charge in [-0.1, -0.05) is 0 Å². The molecule has 1 aromatic carbocycles. The van der Waals surface area contributed by atoms with E-state index in [1.165, 1.54) is 7.11 Å². The zero-order chi connectivity index (χ0) is 13.4. The van der Waals surface area contributed by atoms with Crippen LogP contribution in [0.15, 0.2) is 18.2 Å². The van der Waals surface area contributed by atoms with Crippen molar-refractivity contribution in [2.75, 3.05) is 33.9 Å². The molecule has 0 bridgehead atoms. The van der Waals surface area contributed by atoms with E-state index in [0.29, 0.717) is 30.0 Å². The number of rotatable bonds is 8. The number of nitrogens with one attached hydrogen (secondary N) is 1. The standard InChI is InChI=1S/C13H19NO4/c1-17-12-5-4-10(8-13(12)18-2)11(16)9-14-6-3-7-15/h4-5,8,14-15H,3,6-7,9H2,1-2H3. The Bertz CT molecular complexity index is 393. The molecule has 0 amide bonds. The van der Waals surface area contributed by atoms with Crippen molar-refractivity contribution < 1.29 is 19.4 Å². The number of carbonyl (C=O) groups is 1. The van der Waals surface area contributed by atoms with Crippen LogP contribution in [-0.4, -0.2) is 44.8 Å². The predicted octanol–water partition coefficient (Wildman–Crippen LogP) is 0.858. The third-order valence-corrected chi connectivity index (χ3v) is 2.50. The van der Waals surface area contributed by atoms with Crippen LogP contribution >= 0.6 is 0 Å². The maximum absolute atomic E-state index is 11.9. The van der Waals surface area contributed by atoms with Crippen molar-refractivity contribution >= 4 is 5.78 Å². The maximum Gasteiger partial charge on any atom is 0.176 e. The summed E-state index contributed by atoms with van der Waals surface area (Å²) in [5.41, 5.74) is 0.573. The topological polar surface area (TPSA) is 67.8 Å². The summed E-state index contributed by atoms with van der Waals surface area (Å²) >= 11 is 0. The molecular weight excluding hydrogens is 234 g/mol. The SMILES string of the molecule is COc1ccc(C(=O)CNCCCO)cc1OC. The Labute approximate surface area is 107 Å². The first-order valence-electron chi connectivity index (χ1n) is 5.79. The summed E-state index contributed by atoms with van der Waals surface area (Å²) in [6, 6.07) is 5.08. The molecule has 0 atom stereocenters. The van der Waals surface area contributed by atoms with Crippen molar-refractivity contribution in [1.29, 1.82) is 0 Å². The number of aliphatic hydroxyl groups is 1. The Morgan fingerprint density at radius 1 is 1.28 bits per heavy atom. The summed E-state index contributed by atoms with van der Waals surface area (Å²) in [4.78, 5) is 11.9. The third kappa shape index (κ3) is 4.01. The summed E-state index contributed by atoms with van der Waals surface area (Å²) in [6.45, 7) is 0.989. The van der Waals surface area contributed by atoms with Crippen molar-refractivity contribution in [3.8, 4) is 11.5 Å². The van der Waals surface area contributed by atoms with Gasteiger partial charge in [-0.25, -0.2) is 0 Å². The number of hydrogen-bond acceptors (Lipinski definition) is 5. The molecule has 0 fully saturated rings. The van der Waals surface area contributed by atoms with E-state index in [4.69, 9.17) is 14.6 Å². The molecule has 1 rings (SSSR count). The Morgan fingerprint density at radius 3 is 2.61 bits per heavy atom. The molecule has 0 radical (unpaired) electrons. The zero-order valence-corrected chi connectivity index (χ0v) is 10.7. The van der Waals surface area contributed by atoms with E-state index in [2.05, 4.69) is 5.32 Å². The average Bonchev–Trinajstić information content (AvgIpc) is 2.42. The lowest BCUT2D eigenvalue weighted by Crippen LogP contribution is -2.24. The minimum atomic E-state index is -0.0195. The molecule has 0 unspecified atom stereocenters. The molecule has 0 aliphatic rings. The second-order valence-electron chi connectivity index (χ2n) is 3.75. The summed E-state index contributed by atoms with van der Waals surface area (Å²) in [5, 5.41) is 11.6. The largest absolute Gasteiger partial charge is 0.493 e. The van der Waals surface area contributed by atoms with Gasteiger partial charge < -0.3 is 19.9 Å². The molecule has 0 aromatic heterocycles. The highest BCUT2D eigenvalue weighted by Gasteiger charge is 2.10. The van der Waals surface area contributed by atoms with E-state index in [1.54, 1.807) is 25.3 Å². The van der Waals surface area contributed by atoms with Crippen LogP contribution < -0.4 is 14.8 Å². The molecule has 0 saturated carbocycles. The minimum absolute atomic E-state index is 0.0195. The number of benzene rings is 1. The van der Waals surface area contributed by atoms with Gasteiger partial charge in [0.15, 0.2) is 17.3 Å². The molecular formula is C13H19NO4. The van der Waals surface area contributed by atoms with Crippen LogP contribution in [0.2, 0.25) is 0 Å². The fourth-order valence-electron chi connectivity index (χ4n) is 1.52. The van der Waals surface area contributed by atoms with Gasteiger partial charge in [-0.2, -0.15) is 0 Å². The molecule has 0 spiro atoms. The van der Waals surface area contributed by atoms with Crippen molar-refractivity contribution in [3.63, 3.8) is 0 Å². The monoisotopic (exact) mass is 253 g/mol. The molecule has 0 saturated heterocycles. The van der Waals surface area contributed by atoms with Crippen LogP contribution in [-0.2, 0) is 0 Å². The smallest absolute Gasteiger partial charge is 0.176 e. The molecule has 5 nitrogen and oxygen atoms in total. The number of methoxy groups -OCH3 is 2. The van der Waals surface area contributed by atoms with E-state index in [9.17, 15) is 4.79 Å². The van der Waals surface area contributed by atoms with Crippen LogP contribution in [0.25, 0.3) is 0 Å². The van der Waals surface area contributed by atoms with Gasteiger partial charge in [-0.3, -0.25) is 4.79 Å². The Morgan fingerprint density at radius 2 is 2.00 bits per heavy atom. The fourth-order valence-corrected chi connectivity index (χ4v) is 1.52. The van der Waals surface area contributed by atoms with E-state index in [-0.39, 0.29) is 18.9 Å². The van der Waals surface area contributed by atoms with Crippen LogP contribution in [0.4, 0.5) is 0 Å². The van der Waals surface area contributed by atoms with Crippen molar-refractivity contribution in [3.05, 3.63) is 23.8 Å². The normalized spacial score (nSPS) is 10.2. The van der Waals surface area contributed by atoms with Crippen molar-refractivity contribution in [2.45, 2.75) is 6.42 Å². The van der Waals surface area contributed by atoms with Gasteiger partial charge in [0.2, 0.25) is 0 Å². The third-order valence-electron chi connectivity index (χ3n) is 2.50. The highest BCUT2D eigenvalue weighted by Crippen LogP contribution is 2.27. The molecule has 5 heteroatoms. The van der Waals surface area contributed by atoms with Gasteiger partial charge in [-0.05, 0) is 31.2 Å². The minimum Gasteiger partial charge on any atom is -0.493 e. The number of aliphatic hydroxyl groups excluding tert-OH is 1. The zero-order valence-electron chi connectivity index (χ0n) is 10.7. The van der Waals surface area contributed by atoms with Gasteiger partial charge in [-0.15, -0.1) is 0 Å². The Balaban J connectivity index is 2.62. The van der Waals surface area contributed by atoms with Gasteiger partial charge in [0, 0.05) is 12.2 Å². The highest BCUT2D eigenvalue weighted by molar-refractivity contribution is 5.98. The lowest BCUT2D eigenvalue weighted by Gasteiger charge is -2.09. The van der Waals surface area contributed by atoms with Crippen LogP contribution in [0.1, 0.15) is 16.8 Å². The quantitative estimate of drug-likeness (QED) is 0.531. The Hall–Kier alpha value is -1.59. The number of hydrogen-bond donors (Lipinski definition) is 2. The summed E-state index contributed by atoms with van der Waals surface area (Å²) in [5.74, 6) is 1.12. The van der Waals surface area contributed by atoms with Crippen molar-refractivity contribution in [1.82, 2.24) is 5.32 Å². The van der Waals surface area contributed by atoms with Gasteiger partial charge in [0.05, 0.1) is 20.8 Å². The number of ether oxygens (including phenoxy) is 2. The number of carbonyl (C=O) groups excluding carboxylic acids is 1. The lowest BCUT2D eigenvalue weighted by molar-refractivity contribution is 0.0990. The van der Waals surface area contributed by atoms with Gasteiger partial charge in [0.25, 0.3) is 0 Å². The van der Waals surface area contributed by atoms with Crippen LogP contribution in [0.3, 0.4) is 0 Å². The summed E-state index contributed by atoms with van der Waals surface area (Å²) < 4.78 is 10.2. The molecule has 0 heterocycles. The molecule has 0 aliphatic carbocycles. The summed E-state index contributed by atoms with van der Waals surface area (Å²) in [6.07, 6.45) is 0.638. The molecule has 100 valence electrons. The van der Waals surface area contributed by atoms with E-state index >= 15 is 0 Å². The fraction of sp³-hybridized carbons (Fsp3) is 0.462. The van der Waals surface area contributed by atoms with Gasteiger partial charge >= 0.3 is 0 Å². The Kier molecular flexibility index (Phi) is 6.18. The number of ketones is 1. The van der Waals surface area contributed by atoms with E-state index in [1.807, 2.05) is 0 Å². The second-order valence-corrected chi connectivity index (χ2v) is 3.75. The summed E-state index contributed by atoms with van der Waals surface area (Å²) in [7, 11) is 3.08. The first kappa shape index (κ1) is 14.5. The van der Waals surface area contributed by atoms with E-state index < -0.39 is 0 Å². The molecule has 1 aromatic rings. The average molecular weight is 253 g/mol. The van der Waals surface area contributed by atoms with Crippen molar-refractivity contribution in [2.24, 2.45) is 0 Å². The molecule has 2 N–H and O–H groups in total. The molecule has 0 aliphatic heterocycles. The lowest BCUT2D eigenvalue weighted by atomic mass is 10.1. The first-order chi connectivity index (χ1) is 8.72. The second kappa shape index (κ2) is 7.68.